The van der Waals surface area contributed by atoms with Gasteiger partial charge in [-0.1, -0.05) is 167 Å². The molecule has 0 atom stereocenters. The third-order valence-electron chi connectivity index (χ3n) is 12.1. The second kappa shape index (κ2) is 11.7. The molecule has 8 aromatic carbocycles. The van der Waals surface area contributed by atoms with Crippen molar-refractivity contribution in [2.45, 2.75) is 38.5 Å². The van der Waals surface area contributed by atoms with E-state index in [1.165, 1.54) is 83.2 Å². The SMILES string of the molecule is CC1(C)c2ccccc2-c2ccc(N(c3ccc(-c4cccc5ccccc45)cc3)c3cc4c(cc3-c3ccccc3)-c3ccccc3C4(C)C)cc21. The molecule has 0 aliphatic heterocycles. The summed E-state index contributed by atoms with van der Waals surface area (Å²) in [4.78, 5) is 2.51. The Hall–Kier alpha value is -6.18. The van der Waals surface area contributed by atoms with Crippen molar-refractivity contribution < 1.29 is 0 Å². The van der Waals surface area contributed by atoms with Crippen LogP contribution in [0.4, 0.5) is 17.1 Å². The molecule has 0 spiro atoms. The van der Waals surface area contributed by atoms with E-state index in [0.717, 1.165) is 11.4 Å². The summed E-state index contributed by atoms with van der Waals surface area (Å²) in [6.07, 6.45) is 0. The van der Waals surface area contributed by atoms with Gasteiger partial charge in [0.1, 0.15) is 0 Å². The molecule has 53 heavy (non-hydrogen) atoms. The van der Waals surface area contributed by atoms with E-state index in [9.17, 15) is 0 Å². The monoisotopic (exact) mass is 679 g/mol. The molecule has 0 saturated heterocycles. The second-order valence-corrected chi connectivity index (χ2v) is 15.8. The van der Waals surface area contributed by atoms with E-state index in [0.29, 0.717) is 0 Å². The van der Waals surface area contributed by atoms with Gasteiger partial charge in [0.2, 0.25) is 0 Å². The van der Waals surface area contributed by atoms with Crippen LogP contribution < -0.4 is 4.90 Å². The van der Waals surface area contributed by atoms with Crippen LogP contribution in [0, 0.1) is 0 Å². The summed E-state index contributed by atoms with van der Waals surface area (Å²) in [7, 11) is 0. The second-order valence-electron chi connectivity index (χ2n) is 15.8. The summed E-state index contributed by atoms with van der Waals surface area (Å²) in [6.45, 7) is 9.49. The van der Waals surface area contributed by atoms with Crippen LogP contribution in [0.15, 0.2) is 176 Å². The smallest absolute Gasteiger partial charge is 0.0543 e. The Morgan fingerprint density at radius 1 is 0.340 bits per heavy atom. The highest BCUT2D eigenvalue weighted by Gasteiger charge is 2.38. The van der Waals surface area contributed by atoms with Gasteiger partial charge in [-0.2, -0.15) is 0 Å². The Morgan fingerprint density at radius 2 is 0.868 bits per heavy atom. The van der Waals surface area contributed by atoms with Crippen molar-refractivity contribution in [1.29, 1.82) is 0 Å². The van der Waals surface area contributed by atoms with Crippen molar-refractivity contribution in [2.75, 3.05) is 4.90 Å². The predicted octanol–water partition coefficient (Wildman–Crippen LogP) is 14.3. The molecular formula is C52H41N. The minimum Gasteiger partial charge on any atom is -0.310 e. The van der Waals surface area contributed by atoms with Gasteiger partial charge in [0.05, 0.1) is 5.69 Å². The van der Waals surface area contributed by atoms with Crippen LogP contribution in [-0.4, -0.2) is 0 Å². The van der Waals surface area contributed by atoms with Crippen LogP contribution >= 0.6 is 0 Å². The summed E-state index contributed by atoms with van der Waals surface area (Å²) < 4.78 is 0. The van der Waals surface area contributed by atoms with Crippen molar-refractivity contribution in [3.05, 3.63) is 198 Å². The van der Waals surface area contributed by atoms with Crippen molar-refractivity contribution >= 4 is 27.8 Å². The van der Waals surface area contributed by atoms with E-state index in [2.05, 4.69) is 209 Å². The first-order valence-electron chi connectivity index (χ1n) is 18.8. The average molecular weight is 680 g/mol. The van der Waals surface area contributed by atoms with Crippen molar-refractivity contribution in [1.82, 2.24) is 0 Å². The van der Waals surface area contributed by atoms with Crippen LogP contribution in [0.25, 0.3) is 55.3 Å². The molecule has 0 saturated carbocycles. The van der Waals surface area contributed by atoms with Gasteiger partial charge in [-0.15, -0.1) is 0 Å². The Labute approximate surface area is 312 Å². The Bertz CT molecular complexity index is 2710. The molecule has 0 radical (unpaired) electrons. The molecule has 0 heterocycles. The van der Waals surface area contributed by atoms with Gasteiger partial charge < -0.3 is 4.90 Å². The van der Waals surface area contributed by atoms with E-state index in [-0.39, 0.29) is 10.8 Å². The fraction of sp³-hybridized carbons (Fsp3) is 0.115. The zero-order valence-corrected chi connectivity index (χ0v) is 30.7. The van der Waals surface area contributed by atoms with E-state index in [1.807, 2.05) is 0 Å². The van der Waals surface area contributed by atoms with E-state index < -0.39 is 0 Å². The number of benzene rings is 8. The molecular weight excluding hydrogens is 639 g/mol. The van der Waals surface area contributed by atoms with Crippen molar-refractivity contribution in [3.63, 3.8) is 0 Å². The first-order chi connectivity index (χ1) is 25.8. The maximum Gasteiger partial charge on any atom is 0.0543 e. The highest BCUT2D eigenvalue weighted by molar-refractivity contribution is 5.98. The van der Waals surface area contributed by atoms with E-state index in [4.69, 9.17) is 0 Å². The number of hydrogen-bond donors (Lipinski definition) is 0. The van der Waals surface area contributed by atoms with Crippen LogP contribution in [0.5, 0.6) is 0 Å². The van der Waals surface area contributed by atoms with Crippen LogP contribution in [0.3, 0.4) is 0 Å². The number of hydrogen-bond acceptors (Lipinski definition) is 1. The minimum absolute atomic E-state index is 0.115. The van der Waals surface area contributed by atoms with Crippen LogP contribution in [-0.2, 0) is 10.8 Å². The Balaban J connectivity index is 1.22. The third kappa shape index (κ3) is 4.77. The lowest BCUT2D eigenvalue weighted by molar-refractivity contribution is 0.660. The predicted molar refractivity (Wildman–Crippen MR) is 225 cm³/mol. The maximum atomic E-state index is 2.51. The molecule has 0 amide bonds. The van der Waals surface area contributed by atoms with Gasteiger partial charge in [-0.25, -0.2) is 0 Å². The highest BCUT2D eigenvalue weighted by Crippen LogP contribution is 2.55. The summed E-state index contributed by atoms with van der Waals surface area (Å²) in [5.74, 6) is 0. The largest absolute Gasteiger partial charge is 0.310 e. The molecule has 0 unspecified atom stereocenters. The molecule has 2 aliphatic rings. The lowest BCUT2D eigenvalue weighted by Gasteiger charge is -2.31. The van der Waals surface area contributed by atoms with Gasteiger partial charge in [0, 0.05) is 27.8 Å². The zero-order valence-electron chi connectivity index (χ0n) is 30.7. The van der Waals surface area contributed by atoms with Crippen LogP contribution in [0.1, 0.15) is 49.9 Å². The lowest BCUT2D eigenvalue weighted by Crippen LogP contribution is -2.18. The minimum atomic E-state index is -0.138. The van der Waals surface area contributed by atoms with Gasteiger partial charge >= 0.3 is 0 Å². The molecule has 2 aliphatic carbocycles. The maximum absolute atomic E-state index is 2.51. The third-order valence-corrected chi connectivity index (χ3v) is 12.1. The standard InChI is InChI=1S/C52H41N/c1-51(2)46-23-12-10-20-41(46)43-30-29-38(31-48(43)51)53(37-27-25-36(26-28-37)40-22-14-18-34-17-8-9-19-39(34)40)50-33-49-45(32-44(50)35-15-6-5-7-16-35)42-21-11-13-24-47(42)52(49,3)4/h5-33H,1-4H3. The van der Waals surface area contributed by atoms with Crippen molar-refractivity contribution in [3.8, 4) is 44.5 Å². The van der Waals surface area contributed by atoms with E-state index in [1.54, 1.807) is 0 Å². The van der Waals surface area contributed by atoms with Gasteiger partial charge in [-0.3, -0.25) is 0 Å². The Morgan fingerprint density at radius 3 is 1.60 bits per heavy atom. The van der Waals surface area contributed by atoms with Crippen LogP contribution in [0.2, 0.25) is 0 Å². The lowest BCUT2D eigenvalue weighted by atomic mass is 9.81. The average Bonchev–Trinajstić information content (AvgIpc) is 3.57. The molecule has 0 N–H and O–H groups in total. The van der Waals surface area contributed by atoms with Gasteiger partial charge in [-0.05, 0) is 108 Å². The first-order valence-corrected chi connectivity index (χ1v) is 18.8. The highest BCUT2D eigenvalue weighted by atomic mass is 15.1. The molecule has 0 aromatic heterocycles. The fourth-order valence-corrected chi connectivity index (χ4v) is 9.30. The molecule has 8 aromatic rings. The van der Waals surface area contributed by atoms with E-state index >= 15 is 0 Å². The number of nitrogens with zero attached hydrogens (tertiary/aromatic N) is 1. The molecule has 1 heteroatoms. The first kappa shape index (κ1) is 31.5. The summed E-state index contributed by atoms with van der Waals surface area (Å²) in [6, 6.07) is 65.4. The number of anilines is 3. The van der Waals surface area contributed by atoms with Gasteiger partial charge in [0.15, 0.2) is 0 Å². The van der Waals surface area contributed by atoms with Crippen molar-refractivity contribution in [2.24, 2.45) is 0 Å². The normalized spacial score (nSPS) is 14.3. The molecule has 0 bridgehead atoms. The molecule has 0 fully saturated rings. The number of fused-ring (bicyclic) bond motifs is 7. The Kier molecular flexibility index (Phi) is 6.94. The van der Waals surface area contributed by atoms with Gasteiger partial charge in [0.25, 0.3) is 0 Å². The fourth-order valence-electron chi connectivity index (χ4n) is 9.30. The summed E-state index contributed by atoms with van der Waals surface area (Å²) in [5, 5.41) is 2.53. The quantitative estimate of drug-likeness (QED) is 0.175. The summed E-state index contributed by atoms with van der Waals surface area (Å²) in [5.41, 5.74) is 18.9. The molecule has 10 rings (SSSR count). The topological polar surface area (TPSA) is 3.24 Å². The molecule has 254 valence electrons. The zero-order chi connectivity index (χ0) is 35.9. The number of rotatable bonds is 5. The molecule has 1 nitrogen and oxygen atoms in total. The summed E-state index contributed by atoms with van der Waals surface area (Å²) >= 11 is 0.